The Morgan fingerprint density at radius 2 is 2.07 bits per heavy atom. The number of para-hydroxylation sites is 1. The zero-order chi connectivity index (χ0) is 11.0. The number of hydrogen-bond donors (Lipinski definition) is 2. The fraction of sp³-hybridized carbons (Fsp3) is 0.0909. The monoisotopic (exact) mass is 202 g/mol. The molecule has 0 unspecified atom stereocenters. The summed E-state index contributed by atoms with van der Waals surface area (Å²) >= 11 is 0. The highest BCUT2D eigenvalue weighted by molar-refractivity contribution is 5.99. The summed E-state index contributed by atoms with van der Waals surface area (Å²) in [5.74, 6) is -0.257. The van der Waals surface area contributed by atoms with Crippen molar-refractivity contribution in [2.24, 2.45) is 5.73 Å². The van der Waals surface area contributed by atoms with Gasteiger partial charge in [0.1, 0.15) is 17.0 Å². The third-order valence-electron chi connectivity index (χ3n) is 2.34. The van der Waals surface area contributed by atoms with Crippen LogP contribution in [-0.4, -0.2) is 5.84 Å². The number of fused-ring (bicyclic) bond motifs is 1. The average molecular weight is 202 g/mol. The van der Waals surface area contributed by atoms with Gasteiger partial charge in [0.25, 0.3) is 0 Å². The minimum atomic E-state index is -0.557. The van der Waals surface area contributed by atoms with Crippen LogP contribution in [0.4, 0.5) is 0 Å². The van der Waals surface area contributed by atoms with Crippen LogP contribution in [-0.2, 0) is 0 Å². The molecule has 2 rings (SSSR count). The van der Waals surface area contributed by atoms with Gasteiger partial charge in [-0.2, -0.15) is 0 Å². The van der Waals surface area contributed by atoms with Crippen molar-refractivity contribution < 1.29 is 4.42 Å². The zero-order valence-electron chi connectivity index (χ0n) is 8.20. The normalized spacial score (nSPS) is 10.5. The first-order valence-corrected chi connectivity index (χ1v) is 4.48. The molecule has 0 aliphatic carbocycles. The van der Waals surface area contributed by atoms with Crippen molar-refractivity contribution >= 4 is 16.8 Å². The predicted molar refractivity (Wildman–Crippen MR) is 58.2 cm³/mol. The van der Waals surface area contributed by atoms with Gasteiger partial charge in [0, 0.05) is 5.39 Å². The molecular weight excluding hydrogens is 192 g/mol. The van der Waals surface area contributed by atoms with E-state index in [1.54, 1.807) is 19.1 Å². The number of benzene rings is 1. The third kappa shape index (κ3) is 1.40. The lowest BCUT2D eigenvalue weighted by Crippen LogP contribution is -2.22. The molecule has 15 heavy (non-hydrogen) atoms. The molecule has 0 aliphatic rings. The van der Waals surface area contributed by atoms with E-state index >= 15 is 0 Å². The van der Waals surface area contributed by atoms with Crippen LogP contribution in [0.15, 0.2) is 33.5 Å². The Morgan fingerprint density at radius 1 is 1.40 bits per heavy atom. The first kappa shape index (κ1) is 9.45. The zero-order valence-corrected chi connectivity index (χ0v) is 8.20. The Hall–Kier alpha value is -2.10. The maximum absolute atomic E-state index is 11.5. The maximum Gasteiger partial charge on any atom is 0.347 e. The second-order valence-corrected chi connectivity index (χ2v) is 3.30. The van der Waals surface area contributed by atoms with Gasteiger partial charge < -0.3 is 10.2 Å². The fourth-order valence-corrected chi connectivity index (χ4v) is 1.62. The smallest absolute Gasteiger partial charge is 0.347 e. The minimum absolute atomic E-state index is 0.147. The van der Waals surface area contributed by atoms with E-state index in [1.165, 1.54) is 0 Å². The second kappa shape index (κ2) is 3.24. The molecule has 0 bridgehead atoms. The summed E-state index contributed by atoms with van der Waals surface area (Å²) in [6.07, 6.45) is 0. The summed E-state index contributed by atoms with van der Waals surface area (Å²) in [5, 5.41) is 8.12. The van der Waals surface area contributed by atoms with Crippen LogP contribution in [0.1, 0.15) is 11.1 Å². The number of nitrogens with one attached hydrogen (secondary N) is 1. The summed E-state index contributed by atoms with van der Waals surface area (Å²) in [4.78, 5) is 11.5. The van der Waals surface area contributed by atoms with Gasteiger partial charge in [-0.05, 0) is 18.6 Å². The molecule has 0 amide bonds. The highest BCUT2D eigenvalue weighted by atomic mass is 16.4. The molecule has 0 fully saturated rings. The molecule has 0 atom stereocenters. The fourth-order valence-electron chi connectivity index (χ4n) is 1.62. The molecule has 0 radical (unpaired) electrons. The Labute approximate surface area is 85.8 Å². The van der Waals surface area contributed by atoms with Crippen LogP contribution in [0.25, 0.3) is 11.0 Å². The molecule has 4 heteroatoms. The molecule has 3 N–H and O–H groups in total. The van der Waals surface area contributed by atoms with Gasteiger partial charge in [0.05, 0.1) is 0 Å². The summed E-state index contributed by atoms with van der Waals surface area (Å²) in [6, 6.07) is 7.19. The molecule has 1 aromatic carbocycles. The minimum Gasteiger partial charge on any atom is -0.422 e. The van der Waals surface area contributed by atoms with Crippen LogP contribution < -0.4 is 11.4 Å². The number of amidine groups is 1. The SMILES string of the molecule is Cc1c(C(=N)N)c(=O)oc2ccccc12. The lowest BCUT2D eigenvalue weighted by Gasteiger charge is -2.05. The van der Waals surface area contributed by atoms with Gasteiger partial charge in [0.15, 0.2) is 0 Å². The van der Waals surface area contributed by atoms with Gasteiger partial charge in [0.2, 0.25) is 0 Å². The van der Waals surface area contributed by atoms with E-state index in [1.807, 2.05) is 12.1 Å². The summed E-state index contributed by atoms with van der Waals surface area (Å²) in [6.45, 7) is 1.76. The molecule has 2 aromatic rings. The lowest BCUT2D eigenvalue weighted by atomic mass is 10.1. The Balaban J connectivity index is 2.97. The number of nitrogens with two attached hydrogens (primary N) is 1. The van der Waals surface area contributed by atoms with Gasteiger partial charge in [-0.25, -0.2) is 4.79 Å². The Kier molecular flexibility index (Phi) is 2.04. The molecule has 0 aliphatic heterocycles. The van der Waals surface area contributed by atoms with Crippen LogP contribution in [0.5, 0.6) is 0 Å². The number of hydrogen-bond acceptors (Lipinski definition) is 3. The largest absolute Gasteiger partial charge is 0.422 e. The van der Waals surface area contributed by atoms with Gasteiger partial charge in [-0.3, -0.25) is 5.41 Å². The van der Waals surface area contributed by atoms with E-state index in [9.17, 15) is 4.79 Å². The van der Waals surface area contributed by atoms with Crippen molar-refractivity contribution in [3.05, 3.63) is 45.8 Å². The molecular formula is C11H10N2O2. The molecule has 1 aromatic heterocycles. The van der Waals surface area contributed by atoms with Crippen LogP contribution in [0.3, 0.4) is 0 Å². The molecule has 0 spiro atoms. The Bertz CT molecular complexity index is 599. The molecule has 4 nitrogen and oxygen atoms in total. The van der Waals surface area contributed by atoms with Crippen LogP contribution in [0, 0.1) is 12.3 Å². The first-order chi connectivity index (χ1) is 7.11. The lowest BCUT2D eigenvalue weighted by molar-refractivity contribution is 0.558. The van der Waals surface area contributed by atoms with Crippen molar-refractivity contribution in [3.63, 3.8) is 0 Å². The number of aryl methyl sites for hydroxylation is 1. The topological polar surface area (TPSA) is 80.1 Å². The van der Waals surface area contributed by atoms with E-state index in [4.69, 9.17) is 15.6 Å². The number of rotatable bonds is 1. The van der Waals surface area contributed by atoms with Crippen molar-refractivity contribution in [2.45, 2.75) is 6.92 Å². The molecule has 1 heterocycles. The van der Waals surface area contributed by atoms with E-state index in [2.05, 4.69) is 0 Å². The van der Waals surface area contributed by atoms with Crippen molar-refractivity contribution in [3.8, 4) is 0 Å². The summed E-state index contributed by atoms with van der Waals surface area (Å²) < 4.78 is 5.06. The number of nitrogen functional groups attached to an aromatic ring is 1. The van der Waals surface area contributed by atoms with Crippen molar-refractivity contribution in [1.29, 1.82) is 5.41 Å². The van der Waals surface area contributed by atoms with Crippen LogP contribution >= 0.6 is 0 Å². The highest BCUT2D eigenvalue weighted by Gasteiger charge is 2.12. The van der Waals surface area contributed by atoms with Gasteiger partial charge >= 0.3 is 5.63 Å². The quantitative estimate of drug-likeness (QED) is 0.416. The average Bonchev–Trinajstić information content (AvgIpc) is 2.17. The maximum atomic E-state index is 11.5. The van der Waals surface area contributed by atoms with E-state index < -0.39 is 5.63 Å². The Morgan fingerprint density at radius 3 is 2.73 bits per heavy atom. The third-order valence-corrected chi connectivity index (χ3v) is 2.34. The standard InChI is InChI=1S/C11H10N2O2/c1-6-7-4-2-3-5-8(7)15-11(14)9(6)10(12)13/h2-5H,1H3,(H3,12,13). The van der Waals surface area contributed by atoms with Gasteiger partial charge in [-0.1, -0.05) is 18.2 Å². The van der Waals surface area contributed by atoms with E-state index in [0.717, 1.165) is 5.39 Å². The second-order valence-electron chi connectivity index (χ2n) is 3.30. The summed E-state index contributed by atoms with van der Waals surface area (Å²) in [5.41, 5.74) is 6.13. The molecule has 0 saturated heterocycles. The summed E-state index contributed by atoms with van der Waals surface area (Å²) in [7, 11) is 0. The van der Waals surface area contributed by atoms with Crippen molar-refractivity contribution in [2.75, 3.05) is 0 Å². The van der Waals surface area contributed by atoms with Crippen LogP contribution in [0.2, 0.25) is 0 Å². The van der Waals surface area contributed by atoms with E-state index in [-0.39, 0.29) is 11.4 Å². The molecule has 0 saturated carbocycles. The predicted octanol–water partition coefficient (Wildman–Crippen LogP) is 1.39. The van der Waals surface area contributed by atoms with Gasteiger partial charge in [-0.15, -0.1) is 0 Å². The first-order valence-electron chi connectivity index (χ1n) is 4.48. The van der Waals surface area contributed by atoms with E-state index in [0.29, 0.717) is 11.1 Å². The molecule has 76 valence electrons. The van der Waals surface area contributed by atoms with Crippen molar-refractivity contribution in [1.82, 2.24) is 0 Å². The highest BCUT2D eigenvalue weighted by Crippen LogP contribution is 2.18.